The lowest BCUT2D eigenvalue weighted by Crippen LogP contribution is -2.00. The number of halogens is 2. The van der Waals surface area contributed by atoms with Gasteiger partial charge in [0.15, 0.2) is 5.15 Å². The van der Waals surface area contributed by atoms with Gasteiger partial charge in [0.05, 0.1) is 5.69 Å². The van der Waals surface area contributed by atoms with Crippen molar-refractivity contribution in [1.29, 1.82) is 0 Å². The van der Waals surface area contributed by atoms with E-state index in [2.05, 4.69) is 46.1 Å². The molecular formula is C12H12BrClN2S. The van der Waals surface area contributed by atoms with Crippen LogP contribution in [0.2, 0.25) is 5.15 Å². The molecule has 0 bridgehead atoms. The molecule has 1 N–H and O–H groups in total. The molecule has 0 unspecified atom stereocenters. The fourth-order valence-corrected chi connectivity index (χ4v) is 3.04. The first kappa shape index (κ1) is 12.9. The van der Waals surface area contributed by atoms with Crippen molar-refractivity contribution in [1.82, 2.24) is 4.98 Å². The summed E-state index contributed by atoms with van der Waals surface area (Å²) in [6, 6.07) is 4.14. The Morgan fingerprint density at radius 1 is 1.41 bits per heavy atom. The van der Waals surface area contributed by atoms with Gasteiger partial charge in [-0.05, 0) is 47.5 Å². The molecule has 0 aliphatic carbocycles. The molecular weight excluding hydrogens is 320 g/mol. The van der Waals surface area contributed by atoms with Crippen LogP contribution in [0.3, 0.4) is 0 Å². The van der Waals surface area contributed by atoms with E-state index in [9.17, 15) is 0 Å². The standard InChI is InChI=1S/C12H12BrClN2S/c1-7-3-9(8(2)17-7)5-15-11-4-10(13)6-16-12(11)14/h3-4,6,15H,5H2,1-2H3. The lowest BCUT2D eigenvalue weighted by molar-refractivity contribution is 1.13. The van der Waals surface area contributed by atoms with Crippen LogP contribution in [0.25, 0.3) is 0 Å². The van der Waals surface area contributed by atoms with Gasteiger partial charge in [0.25, 0.3) is 0 Å². The van der Waals surface area contributed by atoms with E-state index in [0.717, 1.165) is 16.7 Å². The van der Waals surface area contributed by atoms with E-state index in [1.807, 2.05) is 17.4 Å². The number of nitrogens with zero attached hydrogens (tertiary/aromatic N) is 1. The van der Waals surface area contributed by atoms with Crippen LogP contribution >= 0.6 is 38.9 Å². The van der Waals surface area contributed by atoms with Crippen molar-refractivity contribution in [3.8, 4) is 0 Å². The van der Waals surface area contributed by atoms with Gasteiger partial charge in [0.2, 0.25) is 0 Å². The molecule has 0 radical (unpaired) electrons. The van der Waals surface area contributed by atoms with Gasteiger partial charge >= 0.3 is 0 Å². The third-order valence-corrected chi connectivity index (χ3v) is 4.16. The number of pyridine rings is 1. The van der Waals surface area contributed by atoms with E-state index >= 15 is 0 Å². The molecule has 0 aliphatic heterocycles. The normalized spacial score (nSPS) is 10.6. The summed E-state index contributed by atoms with van der Waals surface area (Å²) in [5.74, 6) is 0. The average Bonchev–Trinajstić information content (AvgIpc) is 2.59. The van der Waals surface area contributed by atoms with E-state index in [1.165, 1.54) is 15.3 Å². The summed E-state index contributed by atoms with van der Waals surface area (Å²) in [6.45, 7) is 5.03. The van der Waals surface area contributed by atoms with Crippen LogP contribution in [-0.2, 0) is 6.54 Å². The molecule has 0 atom stereocenters. The Morgan fingerprint density at radius 2 is 2.18 bits per heavy atom. The maximum atomic E-state index is 6.02. The molecule has 0 saturated carbocycles. The third-order valence-electron chi connectivity index (χ3n) is 2.42. The Balaban J connectivity index is 2.12. The van der Waals surface area contributed by atoms with Gasteiger partial charge in [0, 0.05) is 27.0 Å². The highest BCUT2D eigenvalue weighted by molar-refractivity contribution is 9.10. The highest BCUT2D eigenvalue weighted by Crippen LogP contribution is 2.25. The molecule has 90 valence electrons. The van der Waals surface area contributed by atoms with Gasteiger partial charge < -0.3 is 5.32 Å². The van der Waals surface area contributed by atoms with Crippen molar-refractivity contribution >= 4 is 44.6 Å². The molecule has 0 spiro atoms. The van der Waals surface area contributed by atoms with Crippen LogP contribution < -0.4 is 5.32 Å². The lowest BCUT2D eigenvalue weighted by atomic mass is 10.2. The van der Waals surface area contributed by atoms with Crippen molar-refractivity contribution in [3.63, 3.8) is 0 Å². The fraction of sp³-hybridized carbons (Fsp3) is 0.250. The highest BCUT2D eigenvalue weighted by atomic mass is 79.9. The van der Waals surface area contributed by atoms with Crippen LogP contribution in [0.4, 0.5) is 5.69 Å². The summed E-state index contributed by atoms with van der Waals surface area (Å²) in [6.07, 6.45) is 1.69. The van der Waals surface area contributed by atoms with Gasteiger partial charge in [-0.25, -0.2) is 4.98 Å². The first-order valence-corrected chi connectivity index (χ1v) is 7.16. The molecule has 2 rings (SSSR count). The van der Waals surface area contributed by atoms with E-state index < -0.39 is 0 Å². The van der Waals surface area contributed by atoms with Crippen LogP contribution in [-0.4, -0.2) is 4.98 Å². The van der Waals surface area contributed by atoms with Crippen molar-refractivity contribution < 1.29 is 0 Å². The zero-order valence-electron chi connectivity index (χ0n) is 9.55. The summed E-state index contributed by atoms with van der Waals surface area (Å²) < 4.78 is 0.919. The van der Waals surface area contributed by atoms with Crippen LogP contribution in [0.5, 0.6) is 0 Å². The van der Waals surface area contributed by atoms with E-state index in [1.54, 1.807) is 6.20 Å². The minimum absolute atomic E-state index is 0.498. The summed E-state index contributed by atoms with van der Waals surface area (Å²) in [7, 11) is 0. The zero-order chi connectivity index (χ0) is 12.4. The maximum Gasteiger partial charge on any atom is 0.152 e. The van der Waals surface area contributed by atoms with Crippen molar-refractivity contribution in [2.75, 3.05) is 5.32 Å². The number of thiophene rings is 1. The van der Waals surface area contributed by atoms with E-state index in [-0.39, 0.29) is 0 Å². The van der Waals surface area contributed by atoms with Gasteiger partial charge in [-0.3, -0.25) is 0 Å². The SMILES string of the molecule is Cc1cc(CNc2cc(Br)cnc2Cl)c(C)s1. The van der Waals surface area contributed by atoms with Crippen molar-refractivity contribution in [2.24, 2.45) is 0 Å². The number of anilines is 1. The largest absolute Gasteiger partial charge is 0.378 e. The minimum atomic E-state index is 0.498. The lowest BCUT2D eigenvalue weighted by Gasteiger charge is -2.07. The molecule has 0 saturated heterocycles. The molecule has 2 nitrogen and oxygen atoms in total. The summed E-state index contributed by atoms with van der Waals surface area (Å²) >= 11 is 11.2. The summed E-state index contributed by atoms with van der Waals surface area (Å²) in [5.41, 5.74) is 2.16. The highest BCUT2D eigenvalue weighted by Gasteiger charge is 2.05. The molecule has 0 aromatic carbocycles. The fourth-order valence-electron chi connectivity index (χ4n) is 1.60. The molecule has 0 aliphatic rings. The number of hydrogen-bond donors (Lipinski definition) is 1. The van der Waals surface area contributed by atoms with Gasteiger partial charge in [-0.15, -0.1) is 11.3 Å². The van der Waals surface area contributed by atoms with Crippen LogP contribution in [0.1, 0.15) is 15.3 Å². The topological polar surface area (TPSA) is 24.9 Å². The van der Waals surface area contributed by atoms with Crippen molar-refractivity contribution in [2.45, 2.75) is 20.4 Å². The molecule has 17 heavy (non-hydrogen) atoms. The number of nitrogens with one attached hydrogen (secondary N) is 1. The zero-order valence-corrected chi connectivity index (χ0v) is 12.7. The first-order valence-electron chi connectivity index (χ1n) is 5.17. The molecule has 2 heterocycles. The molecule has 2 aromatic heterocycles. The van der Waals surface area contributed by atoms with Crippen LogP contribution in [0, 0.1) is 13.8 Å². The molecule has 0 amide bonds. The minimum Gasteiger partial charge on any atom is -0.378 e. The number of rotatable bonds is 3. The Hall–Kier alpha value is -0.580. The molecule has 0 fully saturated rings. The molecule has 2 aromatic rings. The van der Waals surface area contributed by atoms with E-state index in [0.29, 0.717) is 5.15 Å². The Morgan fingerprint density at radius 3 is 2.82 bits per heavy atom. The second-order valence-electron chi connectivity index (χ2n) is 3.78. The second-order valence-corrected chi connectivity index (χ2v) is 6.52. The second kappa shape index (κ2) is 5.38. The first-order chi connectivity index (χ1) is 8.06. The predicted octanol–water partition coefficient (Wildman–Crippen LogP) is 4.79. The maximum absolute atomic E-state index is 6.02. The van der Waals surface area contributed by atoms with E-state index in [4.69, 9.17) is 11.6 Å². The molecule has 5 heteroatoms. The van der Waals surface area contributed by atoms with Gasteiger partial charge in [0.1, 0.15) is 0 Å². The van der Waals surface area contributed by atoms with Gasteiger partial charge in [-0.2, -0.15) is 0 Å². The number of aromatic nitrogens is 1. The Labute approximate surface area is 118 Å². The predicted molar refractivity (Wildman–Crippen MR) is 78.1 cm³/mol. The van der Waals surface area contributed by atoms with Gasteiger partial charge in [-0.1, -0.05) is 11.6 Å². The third kappa shape index (κ3) is 3.21. The monoisotopic (exact) mass is 330 g/mol. The van der Waals surface area contributed by atoms with Crippen LogP contribution in [0.15, 0.2) is 22.8 Å². The quantitative estimate of drug-likeness (QED) is 0.818. The average molecular weight is 332 g/mol. The summed E-state index contributed by atoms with van der Waals surface area (Å²) in [4.78, 5) is 6.75. The smallest absolute Gasteiger partial charge is 0.152 e. The summed E-state index contributed by atoms with van der Waals surface area (Å²) in [5, 5.41) is 3.80. The van der Waals surface area contributed by atoms with Crippen molar-refractivity contribution in [3.05, 3.63) is 43.3 Å². The Kier molecular flexibility index (Phi) is 4.07. The number of aryl methyl sites for hydroxylation is 2. The number of hydrogen-bond acceptors (Lipinski definition) is 3. The Bertz CT molecular complexity index is 539.